The van der Waals surface area contributed by atoms with Crippen molar-refractivity contribution in [3.8, 4) is 11.8 Å². The summed E-state index contributed by atoms with van der Waals surface area (Å²) in [6, 6.07) is 4.27. The quantitative estimate of drug-likeness (QED) is 0.556. The highest BCUT2D eigenvalue weighted by Gasteiger charge is 2.35. The highest BCUT2D eigenvalue weighted by atomic mass is 32.2. The predicted molar refractivity (Wildman–Crippen MR) is 116 cm³/mol. The van der Waals surface area contributed by atoms with Crippen molar-refractivity contribution in [2.24, 2.45) is 11.8 Å². The maximum atomic E-state index is 12.9. The molecular formula is C21H27F3N4O5S. The molecule has 2 atom stereocenters. The van der Waals surface area contributed by atoms with Gasteiger partial charge < -0.3 is 15.0 Å². The van der Waals surface area contributed by atoms with E-state index in [1.165, 1.54) is 17.0 Å². The first kappa shape index (κ1) is 27.4. The number of sulfonamides is 1. The van der Waals surface area contributed by atoms with Crippen molar-refractivity contribution < 1.29 is 35.9 Å². The van der Waals surface area contributed by atoms with Crippen LogP contribution in [0.25, 0.3) is 0 Å². The van der Waals surface area contributed by atoms with Gasteiger partial charge in [0.05, 0.1) is 23.8 Å². The molecule has 188 valence electrons. The SMILES string of the molecule is CC(C)[C@@H](NS(C)(=O)=O)C(=O)N1CCCC(C(=O)NCc2ccc(C#N)cc2OC(F)(F)F)C1. The van der Waals surface area contributed by atoms with E-state index in [4.69, 9.17) is 5.26 Å². The molecule has 1 fully saturated rings. The van der Waals surface area contributed by atoms with E-state index in [0.29, 0.717) is 19.4 Å². The van der Waals surface area contributed by atoms with Crippen molar-refractivity contribution in [3.05, 3.63) is 29.3 Å². The van der Waals surface area contributed by atoms with Crippen molar-refractivity contribution in [2.75, 3.05) is 19.3 Å². The van der Waals surface area contributed by atoms with Crippen molar-refractivity contribution in [1.82, 2.24) is 14.9 Å². The molecule has 34 heavy (non-hydrogen) atoms. The van der Waals surface area contributed by atoms with E-state index in [-0.39, 0.29) is 30.1 Å². The van der Waals surface area contributed by atoms with E-state index < -0.39 is 45.9 Å². The first-order chi connectivity index (χ1) is 15.7. The summed E-state index contributed by atoms with van der Waals surface area (Å²) < 4.78 is 67.7. The normalized spacial score (nSPS) is 17.7. The van der Waals surface area contributed by atoms with E-state index in [0.717, 1.165) is 12.3 Å². The summed E-state index contributed by atoms with van der Waals surface area (Å²) in [5.74, 6) is -2.42. The number of benzene rings is 1. The number of nitrogens with one attached hydrogen (secondary N) is 2. The fourth-order valence-electron chi connectivity index (χ4n) is 3.61. The first-order valence-electron chi connectivity index (χ1n) is 10.5. The average Bonchev–Trinajstić information content (AvgIpc) is 2.74. The first-order valence-corrected chi connectivity index (χ1v) is 12.4. The Bertz CT molecular complexity index is 1050. The zero-order valence-corrected chi connectivity index (χ0v) is 19.8. The summed E-state index contributed by atoms with van der Waals surface area (Å²) in [5.41, 5.74) is 0.00353. The Hall–Kier alpha value is -2.85. The molecule has 1 aromatic rings. The maximum Gasteiger partial charge on any atom is 0.573 e. The molecule has 1 aliphatic rings. The zero-order valence-electron chi connectivity index (χ0n) is 19.0. The fourth-order valence-corrected chi connectivity index (χ4v) is 4.44. The Labute approximate surface area is 196 Å². The third-order valence-electron chi connectivity index (χ3n) is 5.25. The number of nitriles is 1. The van der Waals surface area contributed by atoms with Crippen molar-refractivity contribution in [3.63, 3.8) is 0 Å². The molecule has 2 rings (SSSR count). The summed E-state index contributed by atoms with van der Waals surface area (Å²) in [5, 5.41) is 11.5. The number of hydrogen-bond donors (Lipinski definition) is 2. The topological polar surface area (TPSA) is 129 Å². The van der Waals surface area contributed by atoms with E-state index in [2.05, 4.69) is 14.8 Å². The van der Waals surface area contributed by atoms with Gasteiger partial charge in [0, 0.05) is 25.2 Å². The summed E-state index contributed by atoms with van der Waals surface area (Å²) >= 11 is 0. The van der Waals surface area contributed by atoms with Crippen molar-refractivity contribution in [1.29, 1.82) is 5.26 Å². The number of likely N-dealkylation sites (tertiary alicyclic amines) is 1. The Morgan fingerprint density at radius 3 is 2.56 bits per heavy atom. The number of ether oxygens (including phenoxy) is 1. The number of carbonyl (C=O) groups is 2. The molecule has 9 nitrogen and oxygen atoms in total. The lowest BCUT2D eigenvalue weighted by Crippen LogP contribution is -2.54. The van der Waals surface area contributed by atoms with Gasteiger partial charge in [-0.3, -0.25) is 9.59 Å². The molecule has 1 aliphatic heterocycles. The second kappa shape index (κ2) is 11.1. The van der Waals surface area contributed by atoms with Crippen LogP contribution in [0.4, 0.5) is 13.2 Å². The summed E-state index contributed by atoms with van der Waals surface area (Å²) in [6.07, 6.45) is -3.04. The predicted octanol–water partition coefficient (Wildman–Crippen LogP) is 1.89. The fraction of sp³-hybridized carbons (Fsp3) is 0.571. The minimum Gasteiger partial charge on any atom is -0.405 e. The minimum absolute atomic E-state index is 0.0295. The number of nitrogens with zero attached hydrogens (tertiary/aromatic N) is 2. The maximum absolute atomic E-state index is 12.9. The van der Waals surface area contributed by atoms with Crippen LogP contribution >= 0.6 is 0 Å². The zero-order chi connectivity index (χ0) is 25.7. The second-order valence-corrected chi connectivity index (χ2v) is 10.2. The van der Waals surface area contributed by atoms with Crippen molar-refractivity contribution >= 4 is 21.8 Å². The van der Waals surface area contributed by atoms with Crippen LogP contribution in [-0.4, -0.2) is 56.9 Å². The Morgan fingerprint density at radius 2 is 2.00 bits per heavy atom. The van der Waals surface area contributed by atoms with Gasteiger partial charge in [0.1, 0.15) is 11.8 Å². The Kier molecular flexibility index (Phi) is 8.90. The van der Waals surface area contributed by atoms with E-state index >= 15 is 0 Å². The van der Waals surface area contributed by atoms with Gasteiger partial charge in [-0.2, -0.15) is 5.26 Å². The van der Waals surface area contributed by atoms with Gasteiger partial charge in [-0.1, -0.05) is 19.9 Å². The molecule has 1 unspecified atom stereocenters. The summed E-state index contributed by atoms with van der Waals surface area (Å²) in [4.78, 5) is 27.1. The largest absolute Gasteiger partial charge is 0.573 e. The van der Waals surface area contributed by atoms with Crippen LogP contribution in [0, 0.1) is 23.2 Å². The van der Waals surface area contributed by atoms with Gasteiger partial charge >= 0.3 is 6.36 Å². The molecular weight excluding hydrogens is 477 g/mol. The van der Waals surface area contributed by atoms with Gasteiger partial charge in [-0.05, 0) is 30.9 Å². The molecule has 1 saturated heterocycles. The molecule has 0 aliphatic carbocycles. The van der Waals surface area contributed by atoms with Crippen LogP contribution in [0.2, 0.25) is 0 Å². The highest BCUT2D eigenvalue weighted by Crippen LogP contribution is 2.28. The van der Waals surface area contributed by atoms with Crippen LogP contribution in [-0.2, 0) is 26.2 Å². The molecule has 2 amide bonds. The molecule has 0 aromatic heterocycles. The van der Waals surface area contributed by atoms with Gasteiger partial charge in [0.2, 0.25) is 21.8 Å². The average molecular weight is 505 g/mol. The molecule has 1 heterocycles. The lowest BCUT2D eigenvalue weighted by Gasteiger charge is -2.35. The van der Waals surface area contributed by atoms with Crippen LogP contribution in [0.1, 0.15) is 37.8 Å². The number of halogens is 3. The van der Waals surface area contributed by atoms with E-state index in [1.54, 1.807) is 19.9 Å². The molecule has 0 radical (unpaired) electrons. The van der Waals surface area contributed by atoms with Gasteiger partial charge in [-0.15, -0.1) is 13.2 Å². The molecule has 2 N–H and O–H groups in total. The van der Waals surface area contributed by atoms with Gasteiger partial charge in [-0.25, -0.2) is 13.1 Å². The molecule has 0 spiro atoms. The van der Waals surface area contributed by atoms with Crippen molar-refractivity contribution in [2.45, 2.75) is 45.6 Å². The smallest absolute Gasteiger partial charge is 0.405 e. The number of hydrogen-bond acceptors (Lipinski definition) is 6. The molecule has 0 saturated carbocycles. The number of alkyl halides is 3. The Morgan fingerprint density at radius 1 is 1.32 bits per heavy atom. The monoisotopic (exact) mass is 504 g/mol. The van der Waals surface area contributed by atoms with E-state index in [1.807, 2.05) is 0 Å². The highest BCUT2D eigenvalue weighted by molar-refractivity contribution is 7.88. The molecule has 13 heteroatoms. The lowest BCUT2D eigenvalue weighted by atomic mass is 9.95. The van der Waals surface area contributed by atoms with Crippen LogP contribution in [0.3, 0.4) is 0 Å². The number of rotatable bonds is 8. The second-order valence-electron chi connectivity index (χ2n) is 8.44. The third-order valence-corrected chi connectivity index (χ3v) is 5.93. The Balaban J connectivity index is 2.07. The number of amides is 2. The molecule has 0 bridgehead atoms. The molecule has 1 aromatic carbocycles. The number of piperidine rings is 1. The standard InChI is InChI=1S/C21H27F3N4O5S/c1-13(2)18(27-34(3,31)32)20(30)28-8-4-5-16(12-28)19(29)26-11-15-7-6-14(10-25)9-17(15)33-21(22,23)24/h6-7,9,13,16,18,27H,4-5,8,11-12H2,1-3H3,(H,26,29)/t16?,18-/m1/s1. The van der Waals surface area contributed by atoms with E-state index in [9.17, 15) is 31.2 Å². The lowest BCUT2D eigenvalue weighted by molar-refractivity contribution is -0.274. The van der Waals surface area contributed by atoms with Crippen LogP contribution in [0.15, 0.2) is 18.2 Å². The van der Waals surface area contributed by atoms with Crippen LogP contribution in [0.5, 0.6) is 5.75 Å². The third kappa shape index (κ3) is 8.18. The summed E-state index contributed by atoms with van der Waals surface area (Å²) in [7, 11) is -3.63. The number of carbonyl (C=O) groups excluding carboxylic acids is 2. The van der Waals surface area contributed by atoms with Gasteiger partial charge in [0.25, 0.3) is 0 Å². The summed E-state index contributed by atoms with van der Waals surface area (Å²) in [6.45, 7) is 3.54. The van der Waals surface area contributed by atoms with Crippen LogP contribution < -0.4 is 14.8 Å². The van der Waals surface area contributed by atoms with Gasteiger partial charge in [0.15, 0.2) is 0 Å². The minimum atomic E-state index is -4.97.